The van der Waals surface area contributed by atoms with Gasteiger partial charge in [0.15, 0.2) is 11.0 Å². The first-order valence-corrected chi connectivity index (χ1v) is 6.96. The molecule has 0 radical (unpaired) electrons. The quantitative estimate of drug-likeness (QED) is 0.723. The molecule has 20 heavy (non-hydrogen) atoms. The fraction of sp³-hybridized carbons (Fsp3) is 0.308. The van der Waals surface area contributed by atoms with Gasteiger partial charge in [-0.15, -0.1) is 10.2 Å². The second-order valence-electron chi connectivity index (χ2n) is 4.17. The summed E-state index contributed by atoms with van der Waals surface area (Å²) in [4.78, 5) is 10.4. The molecule has 106 valence electrons. The predicted octanol–water partition coefficient (Wildman–Crippen LogP) is 0.545. The lowest BCUT2D eigenvalue weighted by atomic mass is 10.2. The molecule has 0 aliphatic carbocycles. The van der Waals surface area contributed by atoms with Gasteiger partial charge in [-0.3, -0.25) is 0 Å². The number of ether oxygens (including phenoxy) is 1. The van der Waals surface area contributed by atoms with Crippen LogP contribution in [0.15, 0.2) is 29.4 Å². The number of rotatable bonds is 6. The van der Waals surface area contributed by atoms with Crippen LogP contribution in [0.5, 0.6) is 5.75 Å². The van der Waals surface area contributed by atoms with Gasteiger partial charge in [0.1, 0.15) is 12.4 Å². The van der Waals surface area contributed by atoms with Crippen molar-refractivity contribution < 1.29 is 14.6 Å². The first-order valence-electron chi connectivity index (χ1n) is 5.97. The average Bonchev–Trinajstić information content (AvgIpc) is 2.76. The van der Waals surface area contributed by atoms with Crippen molar-refractivity contribution in [3.63, 3.8) is 0 Å². The Hall–Kier alpha value is -2.02. The molecule has 0 atom stereocenters. The lowest BCUT2D eigenvalue weighted by Crippen LogP contribution is -2.24. The van der Waals surface area contributed by atoms with E-state index in [1.165, 1.54) is 0 Å². The normalized spacial score (nSPS) is 10.5. The van der Waals surface area contributed by atoms with Gasteiger partial charge in [0, 0.05) is 12.8 Å². The Labute approximate surface area is 120 Å². The molecule has 0 fully saturated rings. The highest BCUT2D eigenvalue weighted by atomic mass is 32.2. The van der Waals surface area contributed by atoms with Crippen molar-refractivity contribution in [1.29, 1.82) is 0 Å². The van der Waals surface area contributed by atoms with E-state index in [0.29, 0.717) is 11.0 Å². The molecular formula is C13H14N3O3S-. The number of para-hydroxylation sites is 1. The van der Waals surface area contributed by atoms with Crippen molar-refractivity contribution in [2.75, 3.05) is 5.75 Å². The van der Waals surface area contributed by atoms with Gasteiger partial charge in [-0.2, -0.15) is 0 Å². The summed E-state index contributed by atoms with van der Waals surface area (Å²) >= 11 is 1.07. The van der Waals surface area contributed by atoms with Gasteiger partial charge in [-0.05, 0) is 18.6 Å². The number of nitrogens with zero attached hydrogens (tertiary/aromatic N) is 3. The molecule has 0 unspecified atom stereocenters. The Bertz CT molecular complexity index is 613. The summed E-state index contributed by atoms with van der Waals surface area (Å²) in [6.07, 6.45) is 0. The third-order valence-corrected chi connectivity index (χ3v) is 3.69. The molecule has 0 aliphatic rings. The van der Waals surface area contributed by atoms with Gasteiger partial charge in [0.2, 0.25) is 0 Å². The topological polar surface area (TPSA) is 80.1 Å². The maximum atomic E-state index is 10.4. The van der Waals surface area contributed by atoms with Gasteiger partial charge in [0.05, 0.1) is 5.97 Å². The zero-order valence-electron chi connectivity index (χ0n) is 11.2. The maximum Gasteiger partial charge on any atom is 0.191 e. The molecule has 0 saturated heterocycles. The molecule has 0 spiro atoms. The van der Waals surface area contributed by atoms with Crippen LogP contribution in [0, 0.1) is 6.92 Å². The Morgan fingerprint density at radius 2 is 2.15 bits per heavy atom. The molecule has 0 bridgehead atoms. The third kappa shape index (κ3) is 3.51. The molecule has 0 aliphatic heterocycles. The molecule has 1 aromatic carbocycles. The molecule has 0 saturated carbocycles. The predicted molar refractivity (Wildman–Crippen MR) is 72.2 cm³/mol. The molecule has 1 heterocycles. The Morgan fingerprint density at radius 3 is 2.85 bits per heavy atom. The van der Waals surface area contributed by atoms with Crippen LogP contribution in [0.25, 0.3) is 0 Å². The monoisotopic (exact) mass is 292 g/mol. The van der Waals surface area contributed by atoms with E-state index in [9.17, 15) is 9.90 Å². The van der Waals surface area contributed by atoms with Gasteiger partial charge >= 0.3 is 0 Å². The van der Waals surface area contributed by atoms with Crippen LogP contribution in [0.1, 0.15) is 11.4 Å². The van der Waals surface area contributed by atoms with E-state index >= 15 is 0 Å². The van der Waals surface area contributed by atoms with E-state index in [0.717, 1.165) is 23.1 Å². The average molecular weight is 292 g/mol. The van der Waals surface area contributed by atoms with Crippen LogP contribution in [0.2, 0.25) is 0 Å². The minimum Gasteiger partial charge on any atom is -0.549 e. The summed E-state index contributed by atoms with van der Waals surface area (Å²) in [6.45, 7) is 2.24. The molecule has 0 amide bonds. The summed E-state index contributed by atoms with van der Waals surface area (Å²) < 4.78 is 7.40. The standard InChI is InChI=1S/C13H15N3O3S/c1-9-5-3-4-6-10(9)19-7-11-14-15-13(16(11)2)20-8-12(17)18/h3-6H,7-8H2,1-2H3,(H,17,18)/p-1. The number of carbonyl (C=O) groups excluding carboxylic acids is 1. The fourth-order valence-electron chi connectivity index (χ4n) is 1.58. The van der Waals surface area contributed by atoms with Crippen LogP contribution >= 0.6 is 11.8 Å². The number of hydrogen-bond donors (Lipinski definition) is 0. The van der Waals surface area contributed by atoms with E-state index < -0.39 is 5.97 Å². The molecule has 1 aromatic heterocycles. The van der Waals surface area contributed by atoms with E-state index in [4.69, 9.17) is 4.74 Å². The summed E-state index contributed by atoms with van der Waals surface area (Å²) in [7, 11) is 1.77. The zero-order chi connectivity index (χ0) is 14.5. The first kappa shape index (κ1) is 14.4. The highest BCUT2D eigenvalue weighted by Crippen LogP contribution is 2.19. The van der Waals surface area contributed by atoms with Crippen molar-refractivity contribution >= 4 is 17.7 Å². The number of hydrogen-bond acceptors (Lipinski definition) is 6. The van der Waals surface area contributed by atoms with E-state index in [-0.39, 0.29) is 12.4 Å². The Balaban J connectivity index is 2.00. The van der Waals surface area contributed by atoms with Crippen LogP contribution in [-0.2, 0) is 18.4 Å². The van der Waals surface area contributed by atoms with E-state index in [2.05, 4.69) is 10.2 Å². The van der Waals surface area contributed by atoms with Crippen LogP contribution < -0.4 is 9.84 Å². The molecular weight excluding hydrogens is 278 g/mol. The minimum absolute atomic E-state index is 0.148. The number of aryl methyl sites for hydroxylation is 1. The Kier molecular flexibility index (Phi) is 4.62. The SMILES string of the molecule is Cc1ccccc1OCc1nnc(SCC(=O)[O-])n1C. The third-order valence-electron chi connectivity index (χ3n) is 2.69. The molecule has 7 heteroatoms. The highest BCUT2D eigenvalue weighted by molar-refractivity contribution is 7.99. The Morgan fingerprint density at radius 1 is 1.40 bits per heavy atom. The number of benzene rings is 1. The second-order valence-corrected chi connectivity index (χ2v) is 5.12. The van der Waals surface area contributed by atoms with Crippen LogP contribution in [0.3, 0.4) is 0 Å². The summed E-state index contributed by atoms with van der Waals surface area (Å²) in [6, 6.07) is 7.70. The maximum absolute atomic E-state index is 10.4. The number of thioether (sulfide) groups is 1. The summed E-state index contributed by atoms with van der Waals surface area (Å²) in [5, 5.41) is 18.9. The molecule has 0 N–H and O–H groups in total. The van der Waals surface area contributed by atoms with Crippen molar-refractivity contribution in [2.45, 2.75) is 18.7 Å². The second kappa shape index (κ2) is 6.42. The number of carboxylic acids is 1. The van der Waals surface area contributed by atoms with E-state index in [1.807, 2.05) is 31.2 Å². The summed E-state index contributed by atoms with van der Waals surface area (Å²) in [5.74, 6) is 0.147. The largest absolute Gasteiger partial charge is 0.549 e. The smallest absolute Gasteiger partial charge is 0.191 e. The first-order chi connectivity index (χ1) is 9.58. The van der Waals surface area contributed by atoms with Crippen molar-refractivity contribution in [1.82, 2.24) is 14.8 Å². The lowest BCUT2D eigenvalue weighted by Gasteiger charge is -2.08. The number of carboxylic acid groups (broad SMARTS) is 1. The lowest BCUT2D eigenvalue weighted by molar-refractivity contribution is -0.301. The highest BCUT2D eigenvalue weighted by Gasteiger charge is 2.10. The minimum atomic E-state index is -1.13. The fourth-order valence-corrected chi connectivity index (χ4v) is 2.23. The number of carbonyl (C=O) groups is 1. The zero-order valence-corrected chi connectivity index (χ0v) is 12.0. The van der Waals surface area contributed by atoms with Crippen LogP contribution in [-0.4, -0.2) is 26.5 Å². The van der Waals surface area contributed by atoms with Gasteiger partial charge in [-0.1, -0.05) is 30.0 Å². The molecule has 2 rings (SSSR count). The van der Waals surface area contributed by atoms with Crippen molar-refractivity contribution in [3.05, 3.63) is 35.7 Å². The number of aliphatic carboxylic acids is 1. The van der Waals surface area contributed by atoms with Crippen LogP contribution in [0.4, 0.5) is 0 Å². The van der Waals surface area contributed by atoms with E-state index in [1.54, 1.807) is 11.6 Å². The molecule has 2 aromatic rings. The van der Waals surface area contributed by atoms with Crippen molar-refractivity contribution in [3.8, 4) is 5.75 Å². The van der Waals surface area contributed by atoms with Gasteiger partial charge < -0.3 is 19.2 Å². The van der Waals surface area contributed by atoms with Crippen molar-refractivity contribution in [2.24, 2.45) is 7.05 Å². The molecule has 6 nitrogen and oxygen atoms in total. The van der Waals surface area contributed by atoms with Gasteiger partial charge in [-0.25, -0.2) is 0 Å². The number of aromatic nitrogens is 3. The summed E-state index contributed by atoms with van der Waals surface area (Å²) in [5.41, 5.74) is 1.04. The van der Waals surface area contributed by atoms with Gasteiger partial charge in [0.25, 0.3) is 0 Å².